The summed E-state index contributed by atoms with van der Waals surface area (Å²) < 4.78 is 0. The van der Waals surface area contributed by atoms with Crippen LogP contribution < -0.4 is 5.32 Å². The fourth-order valence-corrected chi connectivity index (χ4v) is 4.18. The van der Waals surface area contributed by atoms with Crippen molar-refractivity contribution in [3.63, 3.8) is 0 Å². The molecule has 2 aliphatic heterocycles. The molecule has 1 N–H and O–H groups in total. The minimum Gasteiger partial charge on any atom is -0.310 e. The largest absolute Gasteiger partial charge is 0.310 e. The van der Waals surface area contributed by atoms with E-state index in [9.17, 15) is 0 Å². The van der Waals surface area contributed by atoms with Crippen LogP contribution in [0.1, 0.15) is 24.4 Å². The van der Waals surface area contributed by atoms with Gasteiger partial charge < -0.3 is 10.2 Å². The van der Waals surface area contributed by atoms with Crippen molar-refractivity contribution in [3.05, 3.63) is 29.8 Å². The van der Waals surface area contributed by atoms with Gasteiger partial charge in [-0.3, -0.25) is 0 Å². The van der Waals surface area contributed by atoms with E-state index in [1.54, 1.807) is 0 Å². The summed E-state index contributed by atoms with van der Waals surface area (Å²) in [6, 6.07) is 9.45. The van der Waals surface area contributed by atoms with E-state index < -0.39 is 0 Å². The number of hydrogen-bond acceptors (Lipinski definition) is 3. The molecule has 1 fully saturated rings. The van der Waals surface area contributed by atoms with Crippen molar-refractivity contribution < 1.29 is 0 Å². The van der Waals surface area contributed by atoms with Crippen LogP contribution in [-0.4, -0.2) is 37.3 Å². The van der Waals surface area contributed by atoms with Gasteiger partial charge in [0.2, 0.25) is 0 Å². The maximum Gasteiger partial charge on any atom is 0.0339 e. The van der Waals surface area contributed by atoms with Crippen LogP contribution in [0, 0.1) is 5.92 Å². The van der Waals surface area contributed by atoms with E-state index in [2.05, 4.69) is 41.5 Å². The zero-order chi connectivity index (χ0) is 12.4. The highest BCUT2D eigenvalue weighted by Gasteiger charge is 2.23. The minimum absolute atomic E-state index is 0.577. The maximum absolute atomic E-state index is 3.80. The number of rotatable bonds is 3. The molecule has 3 rings (SSSR count). The lowest BCUT2D eigenvalue weighted by Crippen LogP contribution is -2.30. The topological polar surface area (TPSA) is 15.3 Å². The molecule has 3 heteroatoms. The van der Waals surface area contributed by atoms with Crippen molar-refractivity contribution in [3.8, 4) is 0 Å². The summed E-state index contributed by atoms with van der Waals surface area (Å²) in [5.74, 6) is 2.09. The van der Waals surface area contributed by atoms with Crippen LogP contribution in [0.15, 0.2) is 29.2 Å². The first-order valence-corrected chi connectivity index (χ1v) is 7.95. The fraction of sp³-hybridized carbons (Fsp3) is 0.600. The smallest absolute Gasteiger partial charge is 0.0339 e. The maximum atomic E-state index is 3.80. The van der Waals surface area contributed by atoms with Crippen molar-refractivity contribution in [1.29, 1.82) is 0 Å². The van der Waals surface area contributed by atoms with Gasteiger partial charge in [-0.2, -0.15) is 0 Å². The highest BCUT2D eigenvalue weighted by atomic mass is 32.2. The van der Waals surface area contributed by atoms with Gasteiger partial charge in [0.15, 0.2) is 0 Å². The van der Waals surface area contributed by atoms with E-state index >= 15 is 0 Å². The SMILES string of the molecule is CN1CCC(CNC2CCSc3ccccc32)C1. The lowest BCUT2D eigenvalue weighted by Gasteiger charge is -2.27. The molecule has 1 saturated heterocycles. The predicted molar refractivity (Wildman–Crippen MR) is 78.1 cm³/mol. The van der Waals surface area contributed by atoms with Crippen LogP contribution in [0.25, 0.3) is 0 Å². The van der Waals surface area contributed by atoms with E-state index in [4.69, 9.17) is 0 Å². The summed E-state index contributed by atoms with van der Waals surface area (Å²) in [7, 11) is 2.23. The van der Waals surface area contributed by atoms with Gasteiger partial charge in [0.25, 0.3) is 0 Å². The van der Waals surface area contributed by atoms with Gasteiger partial charge in [-0.15, -0.1) is 11.8 Å². The zero-order valence-corrected chi connectivity index (χ0v) is 11.9. The van der Waals surface area contributed by atoms with Crippen LogP contribution in [-0.2, 0) is 0 Å². The number of likely N-dealkylation sites (tertiary alicyclic amines) is 1. The highest BCUT2D eigenvalue weighted by molar-refractivity contribution is 7.99. The third-order valence-corrected chi connectivity index (χ3v) is 5.22. The molecule has 2 nitrogen and oxygen atoms in total. The Morgan fingerprint density at radius 3 is 3.06 bits per heavy atom. The molecular weight excluding hydrogens is 240 g/mol. The third-order valence-electron chi connectivity index (χ3n) is 4.10. The average Bonchev–Trinajstić information content (AvgIpc) is 2.82. The number of benzene rings is 1. The quantitative estimate of drug-likeness (QED) is 0.902. The predicted octanol–water partition coefficient (Wildman–Crippen LogP) is 2.76. The van der Waals surface area contributed by atoms with Crippen LogP contribution in [0.2, 0.25) is 0 Å². The summed E-state index contributed by atoms with van der Waals surface area (Å²) >= 11 is 2.00. The molecule has 2 heterocycles. The summed E-state index contributed by atoms with van der Waals surface area (Å²) in [5.41, 5.74) is 1.51. The Hall–Kier alpha value is -0.510. The molecule has 1 aromatic rings. The standard InChI is InChI=1S/C15H22N2S/c1-17-8-6-12(11-17)10-16-14-7-9-18-15-5-3-2-4-13(14)15/h2-5,12,14,16H,6-11H2,1H3. The lowest BCUT2D eigenvalue weighted by molar-refractivity contribution is 0.376. The van der Waals surface area contributed by atoms with Crippen molar-refractivity contribution in [2.75, 3.05) is 32.4 Å². The van der Waals surface area contributed by atoms with Gasteiger partial charge in [-0.05, 0) is 56.3 Å². The van der Waals surface area contributed by atoms with Crippen LogP contribution in [0.4, 0.5) is 0 Å². The molecule has 1 aromatic carbocycles. The molecule has 0 radical (unpaired) electrons. The Morgan fingerprint density at radius 2 is 2.22 bits per heavy atom. The van der Waals surface area contributed by atoms with E-state index in [0.29, 0.717) is 6.04 Å². The van der Waals surface area contributed by atoms with Gasteiger partial charge >= 0.3 is 0 Å². The van der Waals surface area contributed by atoms with Gasteiger partial charge in [0.05, 0.1) is 0 Å². The summed E-state index contributed by atoms with van der Waals surface area (Å²) in [6.07, 6.45) is 2.62. The summed E-state index contributed by atoms with van der Waals surface area (Å²) in [6.45, 7) is 3.70. The average molecular weight is 262 g/mol. The van der Waals surface area contributed by atoms with Crippen molar-refractivity contribution in [2.24, 2.45) is 5.92 Å². The number of nitrogens with one attached hydrogen (secondary N) is 1. The molecule has 0 bridgehead atoms. The van der Waals surface area contributed by atoms with Crippen LogP contribution in [0.3, 0.4) is 0 Å². The molecule has 2 unspecified atom stereocenters. The Kier molecular flexibility index (Phi) is 3.92. The van der Waals surface area contributed by atoms with E-state index in [1.165, 1.54) is 48.7 Å². The second-order valence-corrected chi connectivity index (χ2v) is 6.69. The number of nitrogens with zero attached hydrogens (tertiary/aromatic N) is 1. The summed E-state index contributed by atoms with van der Waals surface area (Å²) in [4.78, 5) is 3.92. The van der Waals surface area contributed by atoms with Gasteiger partial charge in [0.1, 0.15) is 0 Å². The van der Waals surface area contributed by atoms with Crippen molar-refractivity contribution in [1.82, 2.24) is 10.2 Å². The first kappa shape index (κ1) is 12.5. The molecule has 2 aliphatic rings. The van der Waals surface area contributed by atoms with E-state index in [1.807, 2.05) is 11.8 Å². The minimum atomic E-state index is 0.577. The van der Waals surface area contributed by atoms with Crippen molar-refractivity contribution in [2.45, 2.75) is 23.8 Å². The fourth-order valence-electron chi connectivity index (χ4n) is 3.06. The lowest BCUT2D eigenvalue weighted by atomic mass is 10.0. The Labute approximate surface area is 114 Å². The second-order valence-electron chi connectivity index (χ2n) is 5.55. The molecule has 0 saturated carbocycles. The molecule has 0 aliphatic carbocycles. The van der Waals surface area contributed by atoms with Gasteiger partial charge in [0, 0.05) is 17.5 Å². The Morgan fingerprint density at radius 1 is 1.33 bits per heavy atom. The Balaban J connectivity index is 1.60. The normalized spacial score (nSPS) is 28.3. The van der Waals surface area contributed by atoms with E-state index in [0.717, 1.165) is 5.92 Å². The van der Waals surface area contributed by atoms with E-state index in [-0.39, 0.29) is 0 Å². The molecule has 18 heavy (non-hydrogen) atoms. The molecule has 2 atom stereocenters. The third kappa shape index (κ3) is 2.73. The first-order valence-electron chi connectivity index (χ1n) is 6.96. The van der Waals surface area contributed by atoms with Gasteiger partial charge in [-0.25, -0.2) is 0 Å². The monoisotopic (exact) mass is 262 g/mol. The number of fused-ring (bicyclic) bond motifs is 1. The van der Waals surface area contributed by atoms with Gasteiger partial charge in [-0.1, -0.05) is 18.2 Å². The molecule has 98 valence electrons. The zero-order valence-electron chi connectivity index (χ0n) is 11.1. The Bertz CT molecular complexity index is 407. The number of thioether (sulfide) groups is 1. The molecule has 0 amide bonds. The molecular formula is C15H22N2S. The van der Waals surface area contributed by atoms with Crippen LogP contribution >= 0.6 is 11.8 Å². The molecule has 0 aromatic heterocycles. The van der Waals surface area contributed by atoms with Crippen molar-refractivity contribution >= 4 is 11.8 Å². The number of hydrogen-bond donors (Lipinski definition) is 1. The first-order chi connectivity index (χ1) is 8.83. The second kappa shape index (κ2) is 5.64. The highest BCUT2D eigenvalue weighted by Crippen LogP contribution is 2.35. The summed E-state index contributed by atoms with van der Waals surface area (Å²) in [5, 5.41) is 3.80. The van der Waals surface area contributed by atoms with Crippen LogP contribution in [0.5, 0.6) is 0 Å². The molecule has 0 spiro atoms.